The van der Waals surface area contributed by atoms with E-state index in [9.17, 15) is 14.7 Å². The molecule has 1 rings (SSSR count). The Bertz CT molecular complexity index is 287. The zero-order chi connectivity index (χ0) is 13.5. The van der Waals surface area contributed by atoms with Gasteiger partial charge in [-0.05, 0) is 19.3 Å². The molecule has 0 bridgehead atoms. The maximum Gasteiger partial charge on any atom is 0.326 e. The lowest BCUT2D eigenvalue weighted by molar-refractivity contribution is -0.145. The van der Waals surface area contributed by atoms with E-state index in [1.165, 1.54) is 0 Å². The van der Waals surface area contributed by atoms with Crippen LogP contribution in [0, 0.1) is 11.8 Å². The quantitative estimate of drug-likeness (QED) is 0.754. The largest absolute Gasteiger partial charge is 0.480 e. The lowest BCUT2D eigenvalue weighted by Gasteiger charge is -2.28. The van der Waals surface area contributed by atoms with Gasteiger partial charge in [0.1, 0.15) is 6.04 Å². The molecule has 3 atom stereocenters. The summed E-state index contributed by atoms with van der Waals surface area (Å²) in [6.45, 7) is 4.94. The van der Waals surface area contributed by atoms with E-state index in [0.29, 0.717) is 13.2 Å². The lowest BCUT2D eigenvalue weighted by atomic mass is 9.93. The fourth-order valence-electron chi connectivity index (χ4n) is 2.27. The van der Waals surface area contributed by atoms with Gasteiger partial charge >= 0.3 is 5.97 Å². The molecule has 0 saturated carbocycles. The third kappa shape index (κ3) is 4.29. The van der Waals surface area contributed by atoms with Crippen LogP contribution in [-0.2, 0) is 14.3 Å². The number of aliphatic carboxylic acids is 1. The number of carbonyl (C=O) groups is 2. The summed E-state index contributed by atoms with van der Waals surface area (Å²) in [6.07, 6.45) is 3.34. The summed E-state index contributed by atoms with van der Waals surface area (Å²) in [7, 11) is 0. The van der Waals surface area contributed by atoms with Gasteiger partial charge in [0.15, 0.2) is 0 Å². The number of amides is 1. The number of carboxylic acid groups (broad SMARTS) is 1. The van der Waals surface area contributed by atoms with Gasteiger partial charge in [-0.3, -0.25) is 4.79 Å². The van der Waals surface area contributed by atoms with E-state index in [1.807, 2.05) is 13.8 Å². The van der Waals surface area contributed by atoms with Crippen molar-refractivity contribution in [3.05, 3.63) is 0 Å². The van der Waals surface area contributed by atoms with E-state index < -0.39 is 12.0 Å². The van der Waals surface area contributed by atoms with Crippen molar-refractivity contribution in [2.45, 2.75) is 45.6 Å². The first-order valence-corrected chi connectivity index (χ1v) is 6.67. The van der Waals surface area contributed by atoms with Crippen molar-refractivity contribution >= 4 is 11.9 Å². The van der Waals surface area contributed by atoms with Crippen LogP contribution in [-0.4, -0.2) is 36.2 Å². The minimum absolute atomic E-state index is 0.117. The second-order valence-electron chi connectivity index (χ2n) is 4.99. The van der Waals surface area contributed by atoms with Gasteiger partial charge in [0.2, 0.25) is 5.91 Å². The zero-order valence-electron chi connectivity index (χ0n) is 11.1. The Hall–Kier alpha value is -1.10. The van der Waals surface area contributed by atoms with Crippen LogP contribution in [0.4, 0.5) is 0 Å². The average molecular weight is 257 g/mol. The number of hydrogen-bond acceptors (Lipinski definition) is 3. The summed E-state index contributed by atoms with van der Waals surface area (Å²) in [4.78, 5) is 23.1. The fourth-order valence-corrected chi connectivity index (χ4v) is 2.27. The molecule has 3 unspecified atom stereocenters. The summed E-state index contributed by atoms with van der Waals surface area (Å²) in [5.41, 5.74) is 0. The van der Waals surface area contributed by atoms with Crippen molar-refractivity contribution < 1.29 is 19.4 Å². The Morgan fingerprint density at radius 2 is 2.22 bits per heavy atom. The molecule has 1 aliphatic rings. The molecule has 1 saturated heterocycles. The molecule has 5 nitrogen and oxygen atoms in total. The molecule has 1 aliphatic heterocycles. The van der Waals surface area contributed by atoms with E-state index in [2.05, 4.69) is 5.32 Å². The van der Waals surface area contributed by atoms with E-state index in [4.69, 9.17) is 4.74 Å². The molecule has 0 aliphatic carbocycles. The molecular weight excluding hydrogens is 234 g/mol. The van der Waals surface area contributed by atoms with E-state index in [0.717, 1.165) is 25.7 Å². The van der Waals surface area contributed by atoms with Crippen molar-refractivity contribution in [1.82, 2.24) is 5.32 Å². The maximum absolute atomic E-state index is 11.9. The molecule has 18 heavy (non-hydrogen) atoms. The van der Waals surface area contributed by atoms with Gasteiger partial charge in [-0.2, -0.15) is 0 Å². The van der Waals surface area contributed by atoms with Crippen LogP contribution in [0.5, 0.6) is 0 Å². The summed E-state index contributed by atoms with van der Waals surface area (Å²) < 4.78 is 5.29. The van der Waals surface area contributed by atoms with Crippen LogP contribution in [0.3, 0.4) is 0 Å². The number of carboxylic acids is 1. The Kier molecular flexibility index (Phi) is 6.12. The highest BCUT2D eigenvalue weighted by molar-refractivity contribution is 5.85. The molecule has 0 aromatic carbocycles. The zero-order valence-corrected chi connectivity index (χ0v) is 11.1. The van der Waals surface area contributed by atoms with Crippen molar-refractivity contribution in [3.63, 3.8) is 0 Å². The molecule has 1 fully saturated rings. The van der Waals surface area contributed by atoms with Gasteiger partial charge in [-0.1, -0.05) is 20.3 Å². The van der Waals surface area contributed by atoms with Crippen molar-refractivity contribution in [1.29, 1.82) is 0 Å². The standard InChI is InChI=1S/C13H23NO4/c1-3-5-9(2)12(15)14-11(13(16)17)10-6-4-7-18-8-10/h9-11H,3-8H2,1-2H3,(H,14,15)(H,16,17). The Morgan fingerprint density at radius 1 is 1.50 bits per heavy atom. The van der Waals surface area contributed by atoms with Gasteiger partial charge in [-0.25, -0.2) is 4.79 Å². The SMILES string of the molecule is CCCC(C)C(=O)NC(C(=O)O)C1CCCOC1. The van der Waals surface area contributed by atoms with Crippen LogP contribution in [0.1, 0.15) is 39.5 Å². The van der Waals surface area contributed by atoms with Crippen LogP contribution >= 0.6 is 0 Å². The highest BCUT2D eigenvalue weighted by Gasteiger charge is 2.32. The van der Waals surface area contributed by atoms with E-state index >= 15 is 0 Å². The molecule has 1 heterocycles. The summed E-state index contributed by atoms with van der Waals surface area (Å²) in [6, 6.07) is -0.822. The average Bonchev–Trinajstić information content (AvgIpc) is 2.36. The number of nitrogens with one attached hydrogen (secondary N) is 1. The first kappa shape index (κ1) is 15.0. The van der Waals surface area contributed by atoms with Gasteiger partial charge in [-0.15, -0.1) is 0 Å². The third-order valence-electron chi connectivity index (χ3n) is 3.40. The number of ether oxygens (including phenoxy) is 1. The normalized spacial score (nSPS) is 23.1. The van der Waals surface area contributed by atoms with E-state index in [-0.39, 0.29) is 17.7 Å². The second kappa shape index (κ2) is 7.36. The van der Waals surface area contributed by atoms with Crippen LogP contribution in [0.15, 0.2) is 0 Å². The molecule has 0 aromatic rings. The molecule has 2 N–H and O–H groups in total. The third-order valence-corrected chi connectivity index (χ3v) is 3.40. The van der Waals surface area contributed by atoms with Gasteiger partial charge in [0, 0.05) is 18.4 Å². The van der Waals surface area contributed by atoms with Gasteiger partial charge in [0.05, 0.1) is 6.61 Å². The maximum atomic E-state index is 11.9. The fraction of sp³-hybridized carbons (Fsp3) is 0.846. The predicted molar refractivity (Wildman–Crippen MR) is 67.2 cm³/mol. The van der Waals surface area contributed by atoms with Gasteiger partial charge in [0.25, 0.3) is 0 Å². The first-order chi connectivity index (χ1) is 8.56. The molecule has 0 spiro atoms. The molecule has 1 amide bonds. The first-order valence-electron chi connectivity index (χ1n) is 6.67. The topological polar surface area (TPSA) is 75.6 Å². The van der Waals surface area contributed by atoms with Crippen molar-refractivity contribution in [2.75, 3.05) is 13.2 Å². The molecule has 0 aromatic heterocycles. The Morgan fingerprint density at radius 3 is 2.72 bits per heavy atom. The minimum atomic E-state index is -0.970. The van der Waals surface area contributed by atoms with Crippen molar-refractivity contribution in [3.8, 4) is 0 Å². The Balaban J connectivity index is 2.56. The molecule has 5 heteroatoms. The summed E-state index contributed by atoms with van der Waals surface area (Å²) in [5.74, 6) is -1.40. The van der Waals surface area contributed by atoms with Crippen molar-refractivity contribution in [2.24, 2.45) is 11.8 Å². The minimum Gasteiger partial charge on any atom is -0.480 e. The van der Waals surface area contributed by atoms with E-state index in [1.54, 1.807) is 0 Å². The summed E-state index contributed by atoms with van der Waals surface area (Å²) in [5, 5.41) is 11.9. The number of carbonyl (C=O) groups excluding carboxylic acids is 1. The van der Waals surface area contributed by atoms with Crippen LogP contribution in [0.25, 0.3) is 0 Å². The Labute approximate surface area is 108 Å². The predicted octanol–water partition coefficient (Wildman–Crippen LogP) is 1.42. The smallest absolute Gasteiger partial charge is 0.326 e. The second-order valence-corrected chi connectivity index (χ2v) is 4.99. The highest BCUT2D eigenvalue weighted by atomic mass is 16.5. The molecule has 0 radical (unpaired) electrons. The number of rotatable bonds is 6. The molecular formula is C13H23NO4. The number of hydrogen-bond donors (Lipinski definition) is 2. The highest BCUT2D eigenvalue weighted by Crippen LogP contribution is 2.18. The van der Waals surface area contributed by atoms with Crippen LogP contribution in [0.2, 0.25) is 0 Å². The van der Waals surface area contributed by atoms with Crippen LogP contribution < -0.4 is 5.32 Å². The molecule has 104 valence electrons. The summed E-state index contributed by atoms with van der Waals surface area (Å²) >= 11 is 0. The van der Waals surface area contributed by atoms with Gasteiger partial charge < -0.3 is 15.2 Å². The monoisotopic (exact) mass is 257 g/mol. The lowest BCUT2D eigenvalue weighted by Crippen LogP contribution is -2.49.